The summed E-state index contributed by atoms with van der Waals surface area (Å²) in [7, 11) is 4.22. The molecule has 3 aromatic rings. The number of anilines is 1. The quantitative estimate of drug-likeness (QED) is 0.682. The molecule has 0 atom stereocenters. The van der Waals surface area contributed by atoms with Gasteiger partial charge in [-0.15, -0.1) is 0 Å². The van der Waals surface area contributed by atoms with Crippen LogP contribution < -0.4 is 9.80 Å². The molecule has 2 aromatic carbocycles. The normalized spacial score (nSPS) is 11.3. The van der Waals surface area contributed by atoms with E-state index in [0.29, 0.717) is 13.0 Å². The monoisotopic (exact) mass is 382 g/mol. The number of carbonyl (C=O) groups excluding carboxylic acids is 1. The van der Waals surface area contributed by atoms with E-state index in [1.807, 2.05) is 23.1 Å². The fourth-order valence-electron chi connectivity index (χ4n) is 3.02. The van der Waals surface area contributed by atoms with Crippen LogP contribution in [0.5, 0.6) is 0 Å². The number of nitrogens with zero attached hydrogens (tertiary/aromatic N) is 2. The van der Waals surface area contributed by atoms with Gasteiger partial charge >= 0.3 is 0 Å². The lowest BCUT2D eigenvalue weighted by molar-refractivity contribution is -0.856. The molecule has 5 heteroatoms. The Labute approximate surface area is 165 Å². The molecule has 0 unspecified atom stereocenters. The second-order valence-electron chi connectivity index (χ2n) is 7.34. The zero-order valence-corrected chi connectivity index (χ0v) is 17.4. The van der Waals surface area contributed by atoms with Crippen molar-refractivity contribution >= 4 is 32.6 Å². The largest absolute Gasteiger partial charge is 0.338 e. The number of quaternary nitrogens is 1. The summed E-state index contributed by atoms with van der Waals surface area (Å²) < 4.78 is 1.14. The average molecular weight is 383 g/mol. The van der Waals surface area contributed by atoms with E-state index in [0.717, 1.165) is 28.3 Å². The van der Waals surface area contributed by atoms with Crippen LogP contribution in [0.15, 0.2) is 42.5 Å². The Kier molecular flexibility index (Phi) is 6.24. The zero-order valence-electron chi connectivity index (χ0n) is 16.6. The molecule has 27 heavy (non-hydrogen) atoms. The van der Waals surface area contributed by atoms with E-state index in [1.165, 1.54) is 21.6 Å². The van der Waals surface area contributed by atoms with E-state index in [1.54, 1.807) is 11.3 Å². The van der Waals surface area contributed by atoms with Gasteiger partial charge in [-0.25, -0.2) is 4.98 Å². The summed E-state index contributed by atoms with van der Waals surface area (Å²) in [6.45, 7) is 5.79. The minimum absolute atomic E-state index is 0.147. The van der Waals surface area contributed by atoms with Gasteiger partial charge < -0.3 is 4.90 Å². The first-order valence-electron chi connectivity index (χ1n) is 9.46. The number of benzene rings is 2. The molecule has 0 aliphatic rings. The van der Waals surface area contributed by atoms with Gasteiger partial charge in [0.1, 0.15) is 0 Å². The summed E-state index contributed by atoms with van der Waals surface area (Å²) in [5.41, 5.74) is 4.65. The number of hydrogen-bond donors (Lipinski definition) is 1. The number of likely N-dealkylation sites (N-methyl/N-ethyl adjacent to an activating group) is 1. The van der Waals surface area contributed by atoms with Crippen LogP contribution in [0, 0.1) is 13.8 Å². The Hall–Kier alpha value is -2.24. The Morgan fingerprint density at radius 2 is 1.85 bits per heavy atom. The minimum atomic E-state index is 0.147. The van der Waals surface area contributed by atoms with Gasteiger partial charge in [-0.2, -0.15) is 0 Å². The molecule has 1 heterocycles. The van der Waals surface area contributed by atoms with Crippen LogP contribution in [0.2, 0.25) is 0 Å². The van der Waals surface area contributed by atoms with E-state index in [-0.39, 0.29) is 5.91 Å². The highest BCUT2D eigenvalue weighted by Crippen LogP contribution is 2.32. The Balaban J connectivity index is 1.84. The summed E-state index contributed by atoms with van der Waals surface area (Å²) in [6.07, 6.45) is 1.26. The van der Waals surface area contributed by atoms with Crippen LogP contribution in [-0.2, 0) is 11.2 Å². The van der Waals surface area contributed by atoms with E-state index in [9.17, 15) is 4.79 Å². The second-order valence-corrected chi connectivity index (χ2v) is 8.35. The van der Waals surface area contributed by atoms with Crippen molar-refractivity contribution in [3.05, 3.63) is 59.2 Å². The van der Waals surface area contributed by atoms with Crippen molar-refractivity contribution in [2.45, 2.75) is 26.7 Å². The standard InChI is InChI=1S/C22H27N3OS/c1-16-10-12-19-21(17(16)2)23-22(27-19)25(15-14-24(3)4)20(26)13-11-18-8-6-5-7-9-18/h5-10,12H,11,13-15H2,1-4H3/p+1. The van der Waals surface area contributed by atoms with E-state index < -0.39 is 0 Å². The smallest absolute Gasteiger partial charge is 0.229 e. The first-order valence-corrected chi connectivity index (χ1v) is 10.3. The van der Waals surface area contributed by atoms with Gasteiger partial charge in [0, 0.05) is 6.42 Å². The maximum Gasteiger partial charge on any atom is 0.229 e. The van der Waals surface area contributed by atoms with E-state index in [4.69, 9.17) is 4.98 Å². The SMILES string of the molecule is Cc1ccc2sc(N(CC[NH+](C)C)C(=O)CCc3ccccc3)nc2c1C. The Morgan fingerprint density at radius 3 is 2.56 bits per heavy atom. The molecule has 0 fully saturated rings. The third-order valence-corrected chi connectivity index (χ3v) is 5.95. The fraction of sp³-hybridized carbons (Fsp3) is 0.364. The lowest BCUT2D eigenvalue weighted by Crippen LogP contribution is -3.06. The van der Waals surface area contributed by atoms with Crippen molar-refractivity contribution in [1.82, 2.24) is 4.98 Å². The summed E-state index contributed by atoms with van der Waals surface area (Å²) >= 11 is 1.61. The lowest BCUT2D eigenvalue weighted by atomic mass is 10.1. The van der Waals surface area contributed by atoms with Crippen molar-refractivity contribution in [3.8, 4) is 0 Å². The number of amides is 1. The number of hydrogen-bond acceptors (Lipinski definition) is 3. The molecule has 0 saturated carbocycles. The average Bonchev–Trinajstić information content (AvgIpc) is 3.08. The number of nitrogens with one attached hydrogen (secondary N) is 1. The van der Waals surface area contributed by atoms with Crippen LogP contribution in [0.1, 0.15) is 23.1 Å². The molecule has 0 radical (unpaired) electrons. The molecule has 0 bridgehead atoms. The summed E-state index contributed by atoms with van der Waals surface area (Å²) in [5.74, 6) is 0.147. The molecule has 142 valence electrons. The first kappa shape index (κ1) is 19.5. The topological polar surface area (TPSA) is 37.6 Å². The zero-order chi connectivity index (χ0) is 19.4. The van der Waals surface area contributed by atoms with Crippen molar-refractivity contribution < 1.29 is 9.69 Å². The van der Waals surface area contributed by atoms with Gasteiger partial charge in [-0.3, -0.25) is 9.69 Å². The van der Waals surface area contributed by atoms with Crippen molar-refractivity contribution in [1.29, 1.82) is 0 Å². The fourth-order valence-corrected chi connectivity index (χ4v) is 4.09. The summed E-state index contributed by atoms with van der Waals surface area (Å²) in [5, 5.41) is 0.818. The third-order valence-electron chi connectivity index (χ3n) is 4.91. The Bertz CT molecular complexity index is 918. The van der Waals surface area contributed by atoms with E-state index >= 15 is 0 Å². The van der Waals surface area contributed by atoms with E-state index in [2.05, 4.69) is 52.2 Å². The lowest BCUT2D eigenvalue weighted by Gasteiger charge is -2.20. The number of carbonyl (C=O) groups is 1. The number of thiazole rings is 1. The van der Waals surface area contributed by atoms with Crippen LogP contribution in [-0.4, -0.2) is 38.1 Å². The number of rotatable bonds is 7. The highest BCUT2D eigenvalue weighted by atomic mass is 32.1. The van der Waals surface area contributed by atoms with Crippen LogP contribution in [0.3, 0.4) is 0 Å². The van der Waals surface area contributed by atoms with Crippen LogP contribution in [0.4, 0.5) is 5.13 Å². The highest BCUT2D eigenvalue weighted by molar-refractivity contribution is 7.22. The predicted octanol–water partition coefficient (Wildman–Crippen LogP) is 3.02. The summed E-state index contributed by atoms with van der Waals surface area (Å²) in [4.78, 5) is 21.1. The molecule has 4 nitrogen and oxygen atoms in total. The molecular formula is C22H28N3OS+. The number of fused-ring (bicyclic) bond motifs is 1. The molecule has 1 amide bonds. The molecule has 0 aliphatic heterocycles. The van der Waals surface area contributed by atoms with Gasteiger partial charge in [0.15, 0.2) is 5.13 Å². The van der Waals surface area contributed by atoms with Gasteiger partial charge in [-0.1, -0.05) is 47.7 Å². The van der Waals surface area contributed by atoms with Crippen molar-refractivity contribution in [2.24, 2.45) is 0 Å². The van der Waals surface area contributed by atoms with Crippen molar-refractivity contribution in [3.63, 3.8) is 0 Å². The van der Waals surface area contributed by atoms with Crippen LogP contribution in [0.25, 0.3) is 10.2 Å². The molecular weight excluding hydrogens is 354 g/mol. The number of aromatic nitrogens is 1. The molecule has 1 aromatic heterocycles. The highest BCUT2D eigenvalue weighted by Gasteiger charge is 2.21. The van der Waals surface area contributed by atoms with Crippen molar-refractivity contribution in [2.75, 3.05) is 32.1 Å². The van der Waals surface area contributed by atoms with Gasteiger partial charge in [0.05, 0.1) is 37.4 Å². The number of aryl methyl sites for hydroxylation is 3. The van der Waals surface area contributed by atoms with Crippen LogP contribution >= 0.6 is 11.3 Å². The van der Waals surface area contributed by atoms with Gasteiger partial charge in [0.2, 0.25) is 5.91 Å². The molecule has 0 spiro atoms. The third kappa shape index (κ3) is 4.73. The van der Waals surface area contributed by atoms with Gasteiger partial charge in [-0.05, 0) is 43.0 Å². The molecule has 3 rings (SSSR count). The first-order chi connectivity index (χ1) is 13.0. The summed E-state index contributed by atoms with van der Waals surface area (Å²) in [6, 6.07) is 14.4. The molecule has 1 N–H and O–H groups in total. The maximum atomic E-state index is 13.0. The molecule has 0 saturated heterocycles. The Morgan fingerprint density at radius 1 is 1.11 bits per heavy atom. The molecule has 0 aliphatic carbocycles. The maximum absolute atomic E-state index is 13.0. The second kappa shape index (κ2) is 8.63. The van der Waals surface area contributed by atoms with Gasteiger partial charge in [0.25, 0.3) is 0 Å². The predicted molar refractivity (Wildman–Crippen MR) is 114 cm³/mol. The minimum Gasteiger partial charge on any atom is -0.338 e.